The van der Waals surface area contributed by atoms with E-state index in [1.165, 1.54) is 17.5 Å². The Morgan fingerprint density at radius 3 is 2.71 bits per heavy atom. The van der Waals surface area contributed by atoms with Crippen LogP contribution in [0.2, 0.25) is 0 Å². The maximum absolute atomic E-state index is 5.46. The van der Waals surface area contributed by atoms with Crippen LogP contribution in [-0.4, -0.2) is 40.0 Å². The SMILES string of the molecule is CCOCCCC(CNCCOC)Cc1ccccc1C. The lowest BCUT2D eigenvalue weighted by Gasteiger charge is -2.19. The zero-order valence-corrected chi connectivity index (χ0v) is 13.9. The van der Waals surface area contributed by atoms with Crippen molar-refractivity contribution in [3.63, 3.8) is 0 Å². The van der Waals surface area contributed by atoms with Gasteiger partial charge in [-0.1, -0.05) is 24.3 Å². The third kappa shape index (κ3) is 8.20. The summed E-state index contributed by atoms with van der Waals surface area (Å²) < 4.78 is 10.6. The molecule has 0 aromatic heterocycles. The third-order valence-corrected chi connectivity index (χ3v) is 3.79. The maximum atomic E-state index is 5.46. The van der Waals surface area contributed by atoms with Crippen LogP contribution in [-0.2, 0) is 15.9 Å². The van der Waals surface area contributed by atoms with E-state index >= 15 is 0 Å². The largest absolute Gasteiger partial charge is 0.383 e. The molecule has 3 heteroatoms. The molecule has 1 N–H and O–H groups in total. The topological polar surface area (TPSA) is 30.5 Å². The first kappa shape index (κ1) is 18.1. The summed E-state index contributed by atoms with van der Waals surface area (Å²) in [4.78, 5) is 0. The summed E-state index contributed by atoms with van der Waals surface area (Å²) in [5, 5.41) is 3.50. The molecule has 0 spiro atoms. The van der Waals surface area contributed by atoms with Crippen LogP contribution in [0.25, 0.3) is 0 Å². The molecule has 1 unspecified atom stereocenters. The zero-order valence-electron chi connectivity index (χ0n) is 13.9. The highest BCUT2D eigenvalue weighted by molar-refractivity contribution is 5.25. The highest BCUT2D eigenvalue weighted by atomic mass is 16.5. The van der Waals surface area contributed by atoms with Gasteiger partial charge in [-0.15, -0.1) is 0 Å². The van der Waals surface area contributed by atoms with E-state index in [4.69, 9.17) is 9.47 Å². The summed E-state index contributed by atoms with van der Waals surface area (Å²) in [6.07, 6.45) is 3.48. The van der Waals surface area contributed by atoms with Crippen molar-refractivity contribution in [1.29, 1.82) is 0 Å². The van der Waals surface area contributed by atoms with Crippen LogP contribution < -0.4 is 5.32 Å². The molecule has 21 heavy (non-hydrogen) atoms. The summed E-state index contributed by atoms with van der Waals surface area (Å²) >= 11 is 0. The van der Waals surface area contributed by atoms with Gasteiger partial charge in [-0.3, -0.25) is 0 Å². The minimum absolute atomic E-state index is 0.656. The van der Waals surface area contributed by atoms with Gasteiger partial charge in [-0.05, 0) is 56.7 Å². The Hall–Kier alpha value is -0.900. The van der Waals surface area contributed by atoms with Gasteiger partial charge >= 0.3 is 0 Å². The van der Waals surface area contributed by atoms with E-state index in [-0.39, 0.29) is 0 Å². The van der Waals surface area contributed by atoms with E-state index in [1.54, 1.807) is 7.11 Å². The van der Waals surface area contributed by atoms with E-state index in [0.29, 0.717) is 5.92 Å². The fourth-order valence-electron chi connectivity index (χ4n) is 2.53. The van der Waals surface area contributed by atoms with Crippen molar-refractivity contribution in [3.8, 4) is 0 Å². The van der Waals surface area contributed by atoms with Crippen LogP contribution in [0.5, 0.6) is 0 Å². The Bertz CT molecular complexity index is 356. The van der Waals surface area contributed by atoms with E-state index in [2.05, 4.69) is 43.4 Å². The lowest BCUT2D eigenvalue weighted by Crippen LogP contribution is -2.27. The molecule has 0 saturated carbocycles. The molecule has 0 heterocycles. The Kier molecular flexibility index (Phi) is 10.1. The summed E-state index contributed by atoms with van der Waals surface area (Å²) in [6, 6.07) is 8.70. The van der Waals surface area contributed by atoms with Gasteiger partial charge in [0.25, 0.3) is 0 Å². The molecule has 0 aliphatic rings. The molecule has 0 saturated heterocycles. The first-order chi connectivity index (χ1) is 10.3. The second-order valence-electron chi connectivity index (χ2n) is 5.53. The van der Waals surface area contributed by atoms with E-state index in [0.717, 1.165) is 45.8 Å². The predicted octanol–water partition coefficient (Wildman–Crippen LogP) is 3.21. The fourth-order valence-corrected chi connectivity index (χ4v) is 2.53. The van der Waals surface area contributed by atoms with Gasteiger partial charge in [0.2, 0.25) is 0 Å². The fraction of sp³-hybridized carbons (Fsp3) is 0.667. The van der Waals surface area contributed by atoms with Crippen molar-refractivity contribution in [1.82, 2.24) is 5.32 Å². The Morgan fingerprint density at radius 1 is 1.19 bits per heavy atom. The molecule has 1 aromatic rings. The number of benzene rings is 1. The van der Waals surface area contributed by atoms with Gasteiger partial charge in [-0.2, -0.15) is 0 Å². The summed E-state index contributed by atoms with van der Waals surface area (Å²) in [7, 11) is 1.74. The summed E-state index contributed by atoms with van der Waals surface area (Å²) in [5.74, 6) is 0.656. The van der Waals surface area contributed by atoms with Crippen LogP contribution in [0.1, 0.15) is 30.9 Å². The molecular weight excluding hydrogens is 262 g/mol. The first-order valence-corrected chi connectivity index (χ1v) is 8.09. The number of aryl methyl sites for hydroxylation is 1. The molecule has 0 amide bonds. The second kappa shape index (κ2) is 11.7. The van der Waals surface area contributed by atoms with Crippen LogP contribution in [0, 0.1) is 12.8 Å². The predicted molar refractivity (Wildman–Crippen MR) is 88.8 cm³/mol. The van der Waals surface area contributed by atoms with E-state index in [1.807, 2.05) is 0 Å². The van der Waals surface area contributed by atoms with Crippen molar-refractivity contribution >= 4 is 0 Å². The van der Waals surface area contributed by atoms with Crippen LogP contribution in [0.15, 0.2) is 24.3 Å². The van der Waals surface area contributed by atoms with E-state index < -0.39 is 0 Å². The van der Waals surface area contributed by atoms with Gasteiger partial charge in [-0.25, -0.2) is 0 Å². The van der Waals surface area contributed by atoms with Crippen molar-refractivity contribution < 1.29 is 9.47 Å². The van der Waals surface area contributed by atoms with Crippen LogP contribution in [0.4, 0.5) is 0 Å². The molecule has 120 valence electrons. The number of nitrogens with one attached hydrogen (secondary N) is 1. The highest BCUT2D eigenvalue weighted by Gasteiger charge is 2.11. The van der Waals surface area contributed by atoms with Crippen molar-refractivity contribution in [2.75, 3.05) is 40.0 Å². The average Bonchev–Trinajstić information content (AvgIpc) is 2.50. The summed E-state index contributed by atoms with van der Waals surface area (Å²) in [6.45, 7) is 8.68. The van der Waals surface area contributed by atoms with Gasteiger partial charge < -0.3 is 14.8 Å². The third-order valence-electron chi connectivity index (χ3n) is 3.79. The molecule has 0 aliphatic carbocycles. The van der Waals surface area contributed by atoms with Crippen LogP contribution >= 0.6 is 0 Å². The maximum Gasteiger partial charge on any atom is 0.0587 e. The highest BCUT2D eigenvalue weighted by Crippen LogP contribution is 2.17. The molecule has 1 rings (SSSR count). The Labute approximate surface area is 130 Å². The Balaban J connectivity index is 2.44. The molecule has 0 aliphatic heterocycles. The molecule has 0 bridgehead atoms. The van der Waals surface area contributed by atoms with Crippen LogP contribution in [0.3, 0.4) is 0 Å². The van der Waals surface area contributed by atoms with E-state index in [9.17, 15) is 0 Å². The Morgan fingerprint density at radius 2 is 2.00 bits per heavy atom. The number of methoxy groups -OCH3 is 1. The lowest BCUT2D eigenvalue weighted by atomic mass is 9.92. The van der Waals surface area contributed by atoms with Gasteiger partial charge in [0.05, 0.1) is 6.61 Å². The number of ether oxygens (including phenoxy) is 2. The monoisotopic (exact) mass is 293 g/mol. The average molecular weight is 293 g/mol. The van der Waals surface area contributed by atoms with Crippen molar-refractivity contribution in [2.24, 2.45) is 5.92 Å². The normalized spacial score (nSPS) is 12.5. The number of rotatable bonds is 12. The first-order valence-electron chi connectivity index (χ1n) is 8.09. The molecule has 1 aromatic carbocycles. The molecule has 1 atom stereocenters. The minimum Gasteiger partial charge on any atom is -0.383 e. The minimum atomic E-state index is 0.656. The van der Waals surface area contributed by atoms with Gasteiger partial charge in [0.15, 0.2) is 0 Å². The van der Waals surface area contributed by atoms with Gasteiger partial charge in [0, 0.05) is 26.9 Å². The van der Waals surface area contributed by atoms with Crippen molar-refractivity contribution in [3.05, 3.63) is 35.4 Å². The zero-order chi connectivity index (χ0) is 15.3. The molecule has 0 fully saturated rings. The number of hydrogen-bond acceptors (Lipinski definition) is 3. The molecule has 0 radical (unpaired) electrons. The van der Waals surface area contributed by atoms with Gasteiger partial charge in [0.1, 0.15) is 0 Å². The van der Waals surface area contributed by atoms with Crippen molar-refractivity contribution in [2.45, 2.75) is 33.1 Å². The standard InChI is InChI=1S/C18H31NO2/c1-4-21-12-7-9-17(15-19-11-13-20-3)14-18-10-6-5-8-16(18)2/h5-6,8,10,17,19H,4,7,9,11-15H2,1-3H3. The second-order valence-corrected chi connectivity index (χ2v) is 5.53. The quantitative estimate of drug-likeness (QED) is 0.600. The summed E-state index contributed by atoms with van der Waals surface area (Å²) in [5.41, 5.74) is 2.86. The molecule has 3 nitrogen and oxygen atoms in total. The lowest BCUT2D eigenvalue weighted by molar-refractivity contribution is 0.139. The molecular formula is C18H31NO2. The number of hydrogen-bond donors (Lipinski definition) is 1. The smallest absolute Gasteiger partial charge is 0.0587 e.